The van der Waals surface area contributed by atoms with Crippen LogP contribution in [0.2, 0.25) is 0 Å². The standard InChI is InChI=1S/C7H6BNO3/c10-8(11)7-3-5-4-9-2-1-6(5)12-7/h1-4,10-11H. The van der Waals surface area contributed by atoms with E-state index in [0.29, 0.717) is 5.58 Å². The Morgan fingerprint density at radius 3 is 2.92 bits per heavy atom. The van der Waals surface area contributed by atoms with Gasteiger partial charge in [-0.05, 0) is 12.1 Å². The normalized spacial score (nSPS) is 10.5. The summed E-state index contributed by atoms with van der Waals surface area (Å²) in [6, 6.07) is 3.22. The number of hydrogen-bond donors (Lipinski definition) is 2. The number of pyridine rings is 1. The fourth-order valence-electron chi connectivity index (χ4n) is 1.03. The smallest absolute Gasteiger partial charge is 0.465 e. The van der Waals surface area contributed by atoms with Crippen LogP contribution in [0.5, 0.6) is 0 Å². The molecule has 5 heteroatoms. The average molecular weight is 163 g/mol. The number of hydrogen-bond acceptors (Lipinski definition) is 4. The van der Waals surface area contributed by atoms with Gasteiger partial charge in [-0.2, -0.15) is 0 Å². The SMILES string of the molecule is OB(O)c1cc2cnccc2o1. The zero-order valence-electron chi connectivity index (χ0n) is 6.14. The molecule has 2 aromatic heterocycles. The van der Waals surface area contributed by atoms with Crippen molar-refractivity contribution < 1.29 is 14.5 Å². The Morgan fingerprint density at radius 2 is 2.25 bits per heavy atom. The van der Waals surface area contributed by atoms with Gasteiger partial charge < -0.3 is 14.5 Å². The molecule has 0 aliphatic heterocycles. The molecular formula is C7H6BNO3. The molecule has 0 bridgehead atoms. The number of furan rings is 1. The first-order valence-electron chi connectivity index (χ1n) is 3.47. The number of rotatable bonds is 1. The Hall–Kier alpha value is -1.33. The Labute approximate surface area is 68.6 Å². The first kappa shape index (κ1) is 7.33. The second kappa shape index (κ2) is 2.62. The number of fused-ring (bicyclic) bond motifs is 1. The Morgan fingerprint density at radius 1 is 1.42 bits per heavy atom. The van der Waals surface area contributed by atoms with Crippen molar-refractivity contribution in [3.63, 3.8) is 0 Å². The minimum Gasteiger partial charge on any atom is -0.465 e. The molecule has 2 heterocycles. The lowest BCUT2D eigenvalue weighted by molar-refractivity contribution is 0.412. The van der Waals surface area contributed by atoms with Gasteiger partial charge in [0.2, 0.25) is 0 Å². The molecule has 0 radical (unpaired) electrons. The largest absolute Gasteiger partial charge is 0.526 e. The van der Waals surface area contributed by atoms with Crippen LogP contribution in [0, 0.1) is 0 Å². The predicted octanol–water partition coefficient (Wildman–Crippen LogP) is -0.492. The highest BCUT2D eigenvalue weighted by Crippen LogP contribution is 2.10. The molecule has 0 aliphatic rings. The van der Waals surface area contributed by atoms with Gasteiger partial charge in [0.1, 0.15) is 11.2 Å². The summed E-state index contributed by atoms with van der Waals surface area (Å²) in [7, 11) is -1.56. The third-order valence-corrected chi connectivity index (χ3v) is 1.59. The van der Waals surface area contributed by atoms with Gasteiger partial charge in [0.25, 0.3) is 0 Å². The quantitative estimate of drug-likeness (QED) is 0.556. The van der Waals surface area contributed by atoms with Crippen molar-refractivity contribution in [2.24, 2.45) is 0 Å². The van der Waals surface area contributed by atoms with Gasteiger partial charge in [-0.1, -0.05) is 0 Å². The van der Waals surface area contributed by atoms with Crippen LogP contribution in [0.25, 0.3) is 11.0 Å². The van der Waals surface area contributed by atoms with Crippen LogP contribution in [0.3, 0.4) is 0 Å². The van der Waals surface area contributed by atoms with Crippen molar-refractivity contribution >= 4 is 23.7 Å². The summed E-state index contributed by atoms with van der Waals surface area (Å²) in [5.74, 6) is 0. The third kappa shape index (κ3) is 1.09. The van der Waals surface area contributed by atoms with E-state index in [0.717, 1.165) is 5.39 Å². The highest BCUT2D eigenvalue weighted by Gasteiger charge is 2.16. The molecule has 0 spiro atoms. The molecule has 0 atom stereocenters. The second-order valence-electron chi connectivity index (χ2n) is 2.44. The van der Waals surface area contributed by atoms with Gasteiger partial charge >= 0.3 is 7.12 Å². The first-order chi connectivity index (χ1) is 5.77. The van der Waals surface area contributed by atoms with Crippen molar-refractivity contribution in [3.05, 3.63) is 24.5 Å². The van der Waals surface area contributed by atoms with E-state index < -0.39 is 7.12 Å². The van der Waals surface area contributed by atoms with Gasteiger partial charge in [0.05, 0.1) is 0 Å². The summed E-state index contributed by atoms with van der Waals surface area (Å²) in [6.07, 6.45) is 3.18. The van der Waals surface area contributed by atoms with Crippen molar-refractivity contribution in [2.75, 3.05) is 0 Å². The van der Waals surface area contributed by atoms with E-state index in [-0.39, 0.29) is 5.66 Å². The topological polar surface area (TPSA) is 66.5 Å². The number of aromatic nitrogens is 1. The van der Waals surface area contributed by atoms with E-state index in [1.54, 1.807) is 24.5 Å². The van der Waals surface area contributed by atoms with E-state index in [4.69, 9.17) is 14.5 Å². The summed E-state index contributed by atoms with van der Waals surface area (Å²) in [4.78, 5) is 3.86. The van der Waals surface area contributed by atoms with Crippen LogP contribution in [-0.2, 0) is 0 Å². The predicted molar refractivity (Wildman–Crippen MR) is 43.8 cm³/mol. The van der Waals surface area contributed by atoms with Crippen molar-refractivity contribution in [1.29, 1.82) is 0 Å². The minimum atomic E-state index is -1.56. The van der Waals surface area contributed by atoms with E-state index in [1.807, 2.05) is 0 Å². The van der Waals surface area contributed by atoms with Gasteiger partial charge in [-0.25, -0.2) is 0 Å². The Kier molecular flexibility index (Phi) is 1.60. The van der Waals surface area contributed by atoms with Crippen molar-refractivity contribution in [3.8, 4) is 0 Å². The molecule has 2 rings (SSSR count). The van der Waals surface area contributed by atoms with E-state index in [1.165, 1.54) is 0 Å². The lowest BCUT2D eigenvalue weighted by Gasteiger charge is -1.88. The molecule has 0 unspecified atom stereocenters. The van der Waals surface area contributed by atoms with Crippen molar-refractivity contribution in [1.82, 2.24) is 4.98 Å². The molecule has 2 aromatic rings. The molecule has 12 heavy (non-hydrogen) atoms. The van der Waals surface area contributed by atoms with E-state index in [2.05, 4.69) is 4.98 Å². The lowest BCUT2D eigenvalue weighted by atomic mass is 9.88. The third-order valence-electron chi connectivity index (χ3n) is 1.59. The minimum absolute atomic E-state index is 0.137. The van der Waals surface area contributed by atoms with Gasteiger partial charge in [-0.15, -0.1) is 0 Å². The second-order valence-corrected chi connectivity index (χ2v) is 2.44. The van der Waals surface area contributed by atoms with Crippen LogP contribution in [0.15, 0.2) is 28.9 Å². The summed E-state index contributed by atoms with van der Waals surface area (Å²) in [5.41, 5.74) is 0.742. The molecular weight excluding hydrogens is 157 g/mol. The van der Waals surface area contributed by atoms with Crippen LogP contribution >= 0.6 is 0 Å². The molecule has 2 N–H and O–H groups in total. The summed E-state index contributed by atoms with van der Waals surface area (Å²) in [5, 5.41) is 18.3. The molecule has 0 amide bonds. The van der Waals surface area contributed by atoms with Crippen LogP contribution in [-0.4, -0.2) is 22.2 Å². The Balaban J connectivity index is 2.62. The maximum atomic E-state index is 8.77. The average Bonchev–Trinajstić information content (AvgIpc) is 2.46. The van der Waals surface area contributed by atoms with E-state index >= 15 is 0 Å². The fraction of sp³-hybridized carbons (Fsp3) is 0. The first-order valence-corrected chi connectivity index (χ1v) is 3.47. The fourth-order valence-corrected chi connectivity index (χ4v) is 1.03. The summed E-state index contributed by atoms with van der Waals surface area (Å²) in [6.45, 7) is 0. The van der Waals surface area contributed by atoms with Crippen molar-refractivity contribution in [2.45, 2.75) is 0 Å². The molecule has 4 nitrogen and oxygen atoms in total. The summed E-state index contributed by atoms with van der Waals surface area (Å²) < 4.78 is 5.09. The lowest BCUT2D eigenvalue weighted by Crippen LogP contribution is -2.27. The zero-order chi connectivity index (χ0) is 8.55. The maximum Gasteiger partial charge on any atom is 0.526 e. The molecule has 0 aromatic carbocycles. The van der Waals surface area contributed by atoms with Crippen LogP contribution in [0.4, 0.5) is 0 Å². The molecule has 0 fully saturated rings. The van der Waals surface area contributed by atoms with E-state index in [9.17, 15) is 0 Å². The van der Waals surface area contributed by atoms with Gasteiger partial charge in [0.15, 0.2) is 0 Å². The zero-order valence-corrected chi connectivity index (χ0v) is 6.14. The molecule has 0 saturated carbocycles. The summed E-state index contributed by atoms with van der Waals surface area (Å²) >= 11 is 0. The maximum absolute atomic E-state index is 8.77. The van der Waals surface area contributed by atoms with Gasteiger partial charge in [-0.3, -0.25) is 4.98 Å². The molecule has 60 valence electrons. The van der Waals surface area contributed by atoms with Crippen LogP contribution in [0.1, 0.15) is 0 Å². The highest BCUT2D eigenvalue weighted by atomic mass is 16.4. The van der Waals surface area contributed by atoms with Gasteiger partial charge in [0, 0.05) is 17.8 Å². The monoisotopic (exact) mass is 163 g/mol. The molecule has 0 saturated heterocycles. The Bertz CT molecular complexity index is 365. The van der Waals surface area contributed by atoms with Crippen LogP contribution < -0.4 is 5.66 Å². The number of nitrogens with zero attached hydrogens (tertiary/aromatic N) is 1. The molecule has 0 aliphatic carbocycles. The highest BCUT2D eigenvalue weighted by molar-refractivity contribution is 6.57.